The average Bonchev–Trinajstić information content (AvgIpc) is 3.31. The van der Waals surface area contributed by atoms with Crippen LogP contribution in [-0.2, 0) is 22.5 Å². The van der Waals surface area contributed by atoms with Crippen molar-refractivity contribution in [1.82, 2.24) is 20.1 Å². The predicted molar refractivity (Wildman–Crippen MR) is 242 cm³/mol. The molecule has 2 fully saturated rings. The number of piperidine rings is 2. The highest BCUT2D eigenvalue weighted by atomic mass is 16.5. The van der Waals surface area contributed by atoms with Crippen LogP contribution in [-0.4, -0.2) is 82.7 Å². The number of phenolic OH excluding ortho intramolecular Hbond substituents is 1. The molecule has 0 radical (unpaired) electrons. The van der Waals surface area contributed by atoms with Gasteiger partial charge in [0.05, 0.1) is 18.2 Å². The Morgan fingerprint density at radius 1 is 0.758 bits per heavy atom. The number of aromatic nitrogens is 1. The number of phenols is 1. The van der Waals surface area contributed by atoms with Gasteiger partial charge in [0.1, 0.15) is 11.7 Å². The lowest BCUT2D eigenvalue weighted by Gasteiger charge is -2.33. The number of esters is 1. The number of benzene rings is 5. The van der Waals surface area contributed by atoms with Gasteiger partial charge in [-0.3, -0.25) is 19.3 Å². The third kappa shape index (κ3) is 10.5. The molecule has 1 aromatic heterocycles. The molecule has 2 aliphatic heterocycles. The number of carbonyl (C=O) groups is 2. The second-order valence-electron chi connectivity index (χ2n) is 16.9. The van der Waals surface area contributed by atoms with Gasteiger partial charge in [0.2, 0.25) is 5.56 Å². The van der Waals surface area contributed by atoms with Crippen molar-refractivity contribution >= 4 is 22.8 Å². The third-order valence-electron chi connectivity index (χ3n) is 12.7. The Kier molecular flexibility index (Phi) is 13.9. The molecule has 2 atom stereocenters. The van der Waals surface area contributed by atoms with Crippen molar-refractivity contribution in [3.63, 3.8) is 0 Å². The molecule has 0 bridgehead atoms. The number of fused-ring (bicyclic) bond motifs is 1. The van der Waals surface area contributed by atoms with Crippen molar-refractivity contribution in [1.29, 1.82) is 0 Å². The van der Waals surface area contributed by atoms with Crippen molar-refractivity contribution in [2.45, 2.75) is 56.6 Å². The number of nitrogens with zero attached hydrogens (tertiary/aromatic N) is 2. The zero-order valence-corrected chi connectivity index (χ0v) is 35.1. The van der Waals surface area contributed by atoms with Gasteiger partial charge in [-0.25, -0.2) is 0 Å². The topological polar surface area (TPSA) is 135 Å². The Labute approximate surface area is 363 Å². The molecule has 320 valence electrons. The molecule has 2 saturated heterocycles. The smallest absolute Gasteiger partial charge is 0.317 e. The molecule has 0 saturated carbocycles. The number of aromatic amines is 1. The molecular formula is C52H56N4O6. The van der Waals surface area contributed by atoms with Crippen LogP contribution >= 0.6 is 0 Å². The van der Waals surface area contributed by atoms with Crippen LogP contribution in [0.1, 0.15) is 87.4 Å². The summed E-state index contributed by atoms with van der Waals surface area (Å²) in [5.41, 5.74) is 6.72. The van der Waals surface area contributed by atoms with Crippen molar-refractivity contribution in [2.24, 2.45) is 5.92 Å². The van der Waals surface area contributed by atoms with E-state index in [2.05, 4.69) is 63.7 Å². The Balaban J connectivity index is 0.811. The molecule has 8 rings (SSSR count). The number of ether oxygens (including phenoxy) is 1. The summed E-state index contributed by atoms with van der Waals surface area (Å²) in [5.74, 6) is -0.104. The van der Waals surface area contributed by atoms with E-state index in [1.54, 1.807) is 12.1 Å². The van der Waals surface area contributed by atoms with E-state index >= 15 is 0 Å². The molecule has 0 spiro atoms. The van der Waals surface area contributed by atoms with Crippen LogP contribution in [0.15, 0.2) is 138 Å². The minimum Gasteiger partial charge on any atom is -0.506 e. The highest BCUT2D eigenvalue weighted by molar-refractivity contribution is 5.94. The van der Waals surface area contributed by atoms with Crippen molar-refractivity contribution in [3.05, 3.63) is 183 Å². The summed E-state index contributed by atoms with van der Waals surface area (Å²) in [7, 11) is 0. The fourth-order valence-electron chi connectivity index (χ4n) is 9.08. The van der Waals surface area contributed by atoms with Crippen LogP contribution in [0.3, 0.4) is 0 Å². The zero-order chi connectivity index (χ0) is 42.8. The lowest BCUT2D eigenvalue weighted by molar-refractivity contribution is -0.146. The number of aromatic hydroxyl groups is 1. The molecule has 4 N–H and O–H groups in total. The lowest BCUT2D eigenvalue weighted by Crippen LogP contribution is -2.38. The van der Waals surface area contributed by atoms with Gasteiger partial charge in [-0.1, -0.05) is 103 Å². The van der Waals surface area contributed by atoms with Gasteiger partial charge in [0.25, 0.3) is 5.91 Å². The maximum Gasteiger partial charge on any atom is 0.317 e. The number of carbonyl (C=O) groups excluding carboxylic acids is 2. The summed E-state index contributed by atoms with van der Waals surface area (Å²) < 4.78 is 6.12. The SMILES string of the molecule is O=C(OCC1CCN(Cc2ccccc2)CC1)C(c1ccccc1)c1cccc(C2CCN(C(=O)c3ccc(CCNCC(O)c4ccc(O)c5[nH]c(=O)ccc45)cc3)CC2)c1. The number of pyridine rings is 1. The van der Waals surface area contributed by atoms with E-state index in [-0.39, 0.29) is 29.1 Å². The summed E-state index contributed by atoms with van der Waals surface area (Å²) in [6.45, 7) is 5.62. The van der Waals surface area contributed by atoms with E-state index in [0.29, 0.717) is 67.2 Å². The molecule has 10 heteroatoms. The normalized spacial score (nSPS) is 16.2. The van der Waals surface area contributed by atoms with E-state index in [1.165, 1.54) is 23.3 Å². The zero-order valence-electron chi connectivity index (χ0n) is 35.1. The minimum absolute atomic E-state index is 0.0289. The molecule has 1 amide bonds. The van der Waals surface area contributed by atoms with Gasteiger partial charge in [-0.2, -0.15) is 0 Å². The fourth-order valence-corrected chi connectivity index (χ4v) is 9.08. The Morgan fingerprint density at radius 3 is 2.21 bits per heavy atom. The third-order valence-corrected chi connectivity index (χ3v) is 12.7. The Morgan fingerprint density at radius 2 is 1.47 bits per heavy atom. The molecule has 2 aliphatic rings. The number of hydrogen-bond donors (Lipinski definition) is 4. The van der Waals surface area contributed by atoms with Gasteiger partial charge >= 0.3 is 5.97 Å². The first-order valence-corrected chi connectivity index (χ1v) is 22.0. The first kappa shape index (κ1) is 42.6. The molecule has 5 aromatic carbocycles. The van der Waals surface area contributed by atoms with E-state index in [9.17, 15) is 24.6 Å². The molecule has 10 nitrogen and oxygen atoms in total. The fraction of sp³-hybridized carbons (Fsp3) is 0.327. The Hall–Kier alpha value is -6.07. The maximum atomic E-state index is 13.9. The summed E-state index contributed by atoms with van der Waals surface area (Å²) in [6.07, 6.45) is 3.59. The maximum absolute atomic E-state index is 13.9. The largest absolute Gasteiger partial charge is 0.506 e. The second kappa shape index (κ2) is 20.2. The summed E-state index contributed by atoms with van der Waals surface area (Å²) in [6, 6.07) is 42.8. The number of aliphatic hydroxyl groups is 1. The van der Waals surface area contributed by atoms with E-state index in [4.69, 9.17) is 4.74 Å². The average molecular weight is 833 g/mol. The monoisotopic (exact) mass is 832 g/mol. The highest BCUT2D eigenvalue weighted by Gasteiger charge is 2.29. The predicted octanol–water partition coefficient (Wildman–Crippen LogP) is 7.71. The van der Waals surface area contributed by atoms with Gasteiger partial charge in [-0.15, -0.1) is 0 Å². The highest BCUT2D eigenvalue weighted by Crippen LogP contribution is 2.34. The van der Waals surface area contributed by atoms with Crippen LogP contribution in [0.25, 0.3) is 10.9 Å². The number of amides is 1. The van der Waals surface area contributed by atoms with Gasteiger partial charge < -0.3 is 30.2 Å². The van der Waals surface area contributed by atoms with Crippen LogP contribution < -0.4 is 10.9 Å². The van der Waals surface area contributed by atoms with Crippen LogP contribution in [0.4, 0.5) is 0 Å². The Bertz CT molecular complexity index is 2480. The second-order valence-corrected chi connectivity index (χ2v) is 16.9. The molecule has 6 aromatic rings. The van der Waals surface area contributed by atoms with Crippen LogP contribution in [0.5, 0.6) is 5.75 Å². The van der Waals surface area contributed by atoms with Gasteiger partial charge in [0, 0.05) is 43.2 Å². The van der Waals surface area contributed by atoms with Gasteiger partial charge in [0.15, 0.2) is 0 Å². The lowest BCUT2D eigenvalue weighted by atomic mass is 9.85. The van der Waals surface area contributed by atoms with Crippen molar-refractivity contribution in [2.75, 3.05) is 45.9 Å². The first-order chi connectivity index (χ1) is 30.3. The summed E-state index contributed by atoms with van der Waals surface area (Å²) in [4.78, 5) is 46.3. The first-order valence-electron chi connectivity index (χ1n) is 22.0. The van der Waals surface area contributed by atoms with Crippen LogP contribution in [0.2, 0.25) is 0 Å². The minimum atomic E-state index is -0.832. The number of nitrogens with one attached hydrogen (secondary N) is 2. The molecule has 3 heterocycles. The van der Waals surface area contributed by atoms with E-state index in [0.717, 1.165) is 62.0 Å². The van der Waals surface area contributed by atoms with Gasteiger partial charge in [-0.05, 0) is 121 Å². The van der Waals surface area contributed by atoms with E-state index in [1.807, 2.05) is 65.6 Å². The number of H-pyrrole nitrogens is 1. The molecule has 2 unspecified atom stereocenters. The van der Waals surface area contributed by atoms with Crippen molar-refractivity contribution in [3.8, 4) is 5.75 Å². The molecular weight excluding hydrogens is 777 g/mol. The van der Waals surface area contributed by atoms with E-state index < -0.39 is 12.0 Å². The number of aliphatic hydroxyl groups excluding tert-OH is 1. The molecule has 0 aliphatic carbocycles. The van der Waals surface area contributed by atoms with Crippen molar-refractivity contribution < 1.29 is 24.5 Å². The molecule has 62 heavy (non-hydrogen) atoms. The number of likely N-dealkylation sites (tertiary alicyclic amines) is 2. The number of hydrogen-bond acceptors (Lipinski definition) is 8. The summed E-state index contributed by atoms with van der Waals surface area (Å²) >= 11 is 0. The number of rotatable bonds is 15. The summed E-state index contributed by atoms with van der Waals surface area (Å²) in [5, 5.41) is 24.9. The van der Waals surface area contributed by atoms with Crippen LogP contribution in [0, 0.1) is 5.92 Å². The quantitative estimate of drug-likeness (QED) is 0.0611. The standard InChI is InChI=1S/C52H56N4O6/c57-46-20-18-44(45-19-21-48(59)54-50(45)46)47(58)33-53-27-22-36-14-16-41(17-15-36)51(60)56-30-25-39(26-31-56)42-12-7-13-43(32-42)49(40-10-5-2-6-11-40)52(61)62-35-38-23-28-55(29-24-38)34-37-8-3-1-4-9-37/h1-21,32,38-39,47,49,53,57-58H,22-31,33-35H2,(H,54,59).